The Kier molecular flexibility index (Phi) is 3.41. The van der Waals surface area contributed by atoms with Gasteiger partial charge in [-0.25, -0.2) is 0 Å². The third-order valence-corrected chi connectivity index (χ3v) is 2.75. The van der Waals surface area contributed by atoms with Gasteiger partial charge in [0.2, 0.25) is 0 Å². The maximum atomic E-state index is 9.97. The molecule has 0 spiro atoms. The quantitative estimate of drug-likeness (QED) is 0.791. The zero-order valence-electron chi connectivity index (χ0n) is 8.93. The van der Waals surface area contributed by atoms with E-state index in [2.05, 4.69) is 4.90 Å². The van der Waals surface area contributed by atoms with Crippen LogP contribution in [-0.2, 0) is 11.2 Å². The van der Waals surface area contributed by atoms with Crippen molar-refractivity contribution in [2.45, 2.75) is 18.6 Å². The van der Waals surface area contributed by atoms with Crippen LogP contribution < -0.4 is 0 Å². The number of aliphatic hydroxyl groups excluding tert-OH is 1. The fourth-order valence-corrected chi connectivity index (χ4v) is 1.83. The highest BCUT2D eigenvalue weighted by atomic mass is 16.5. The third-order valence-electron chi connectivity index (χ3n) is 2.75. The van der Waals surface area contributed by atoms with E-state index in [-0.39, 0.29) is 6.10 Å². The Labute approximate surface area is 89.4 Å². The first-order valence-corrected chi connectivity index (χ1v) is 5.25. The second-order valence-electron chi connectivity index (χ2n) is 4.07. The molecule has 1 fully saturated rings. The minimum atomic E-state index is -0.453. The maximum absolute atomic E-state index is 9.97. The molecule has 84 valence electrons. The summed E-state index contributed by atoms with van der Waals surface area (Å²) in [6.45, 7) is 2.43. The molecule has 2 rings (SSSR count). The van der Waals surface area contributed by atoms with E-state index in [1.807, 2.05) is 13.1 Å². The lowest BCUT2D eigenvalue weighted by atomic mass is 10.1. The molecule has 1 aromatic heterocycles. The van der Waals surface area contributed by atoms with Crippen molar-refractivity contribution in [2.75, 3.05) is 26.7 Å². The number of morpholine rings is 1. The molecule has 1 aliphatic rings. The van der Waals surface area contributed by atoms with Crippen LogP contribution in [0.2, 0.25) is 0 Å². The second kappa shape index (κ2) is 4.79. The van der Waals surface area contributed by atoms with E-state index in [9.17, 15) is 5.11 Å². The van der Waals surface area contributed by atoms with Crippen LogP contribution in [0.25, 0.3) is 0 Å². The fourth-order valence-electron chi connectivity index (χ4n) is 1.83. The summed E-state index contributed by atoms with van der Waals surface area (Å²) in [5.41, 5.74) is 1.01. The Morgan fingerprint density at radius 3 is 3.20 bits per heavy atom. The number of ether oxygens (including phenoxy) is 1. The smallest absolute Gasteiger partial charge is 0.0964 e. The molecule has 0 bridgehead atoms. The molecule has 15 heavy (non-hydrogen) atoms. The van der Waals surface area contributed by atoms with E-state index < -0.39 is 6.10 Å². The Balaban J connectivity index is 1.87. The predicted molar refractivity (Wildman–Crippen MR) is 55.7 cm³/mol. The Bertz CT molecular complexity index is 286. The summed E-state index contributed by atoms with van der Waals surface area (Å²) >= 11 is 0. The van der Waals surface area contributed by atoms with E-state index in [1.54, 1.807) is 12.5 Å². The number of rotatable bonds is 3. The molecular weight excluding hydrogens is 194 g/mol. The lowest BCUT2D eigenvalue weighted by Gasteiger charge is -2.32. The van der Waals surface area contributed by atoms with Crippen LogP contribution >= 0.6 is 0 Å². The van der Waals surface area contributed by atoms with Gasteiger partial charge in [-0.3, -0.25) is 0 Å². The summed E-state index contributed by atoms with van der Waals surface area (Å²) in [7, 11) is 2.04. The SMILES string of the molecule is CN1CCOC(C(O)Cc2ccoc2)C1. The standard InChI is InChI=1S/C11H17NO3/c1-12-3-5-15-11(7-12)10(13)6-9-2-4-14-8-9/h2,4,8,10-11,13H,3,5-7H2,1H3. The van der Waals surface area contributed by atoms with Crippen LogP contribution in [0.3, 0.4) is 0 Å². The molecule has 0 radical (unpaired) electrons. The summed E-state index contributed by atoms with van der Waals surface area (Å²) < 4.78 is 10.5. The largest absolute Gasteiger partial charge is 0.472 e. The van der Waals surface area contributed by atoms with Crippen molar-refractivity contribution in [2.24, 2.45) is 0 Å². The first-order chi connectivity index (χ1) is 7.25. The minimum absolute atomic E-state index is 0.0846. The maximum Gasteiger partial charge on any atom is 0.0964 e. The normalized spacial score (nSPS) is 25.3. The first kappa shape index (κ1) is 10.7. The van der Waals surface area contributed by atoms with Crippen LogP contribution in [0.15, 0.2) is 23.0 Å². The van der Waals surface area contributed by atoms with E-state index in [0.29, 0.717) is 13.0 Å². The van der Waals surface area contributed by atoms with E-state index in [1.165, 1.54) is 0 Å². The molecule has 2 heterocycles. The highest BCUT2D eigenvalue weighted by molar-refractivity contribution is 5.07. The highest BCUT2D eigenvalue weighted by Crippen LogP contribution is 2.12. The lowest BCUT2D eigenvalue weighted by molar-refractivity contribution is -0.0823. The summed E-state index contributed by atoms with van der Waals surface area (Å²) in [6.07, 6.45) is 3.34. The molecule has 0 saturated carbocycles. The fraction of sp³-hybridized carbons (Fsp3) is 0.636. The molecule has 4 heteroatoms. The van der Waals surface area contributed by atoms with Gasteiger partial charge in [0, 0.05) is 19.5 Å². The Morgan fingerprint density at radius 2 is 2.53 bits per heavy atom. The number of furan rings is 1. The van der Waals surface area contributed by atoms with Gasteiger partial charge in [0.05, 0.1) is 31.3 Å². The van der Waals surface area contributed by atoms with E-state index in [0.717, 1.165) is 18.7 Å². The van der Waals surface area contributed by atoms with Gasteiger partial charge in [-0.1, -0.05) is 0 Å². The van der Waals surface area contributed by atoms with Gasteiger partial charge in [-0.15, -0.1) is 0 Å². The number of likely N-dealkylation sites (N-methyl/N-ethyl adjacent to an activating group) is 1. The summed E-state index contributed by atoms with van der Waals surface area (Å²) in [6, 6.07) is 1.87. The number of aliphatic hydroxyl groups is 1. The monoisotopic (exact) mass is 211 g/mol. The zero-order valence-corrected chi connectivity index (χ0v) is 8.93. The molecule has 0 aromatic carbocycles. The lowest BCUT2D eigenvalue weighted by Crippen LogP contribution is -2.46. The van der Waals surface area contributed by atoms with Crippen LogP contribution in [0, 0.1) is 0 Å². The van der Waals surface area contributed by atoms with E-state index >= 15 is 0 Å². The van der Waals surface area contributed by atoms with Crippen LogP contribution in [0.5, 0.6) is 0 Å². The minimum Gasteiger partial charge on any atom is -0.472 e. The number of hydrogen-bond donors (Lipinski definition) is 1. The Morgan fingerprint density at radius 1 is 1.67 bits per heavy atom. The first-order valence-electron chi connectivity index (χ1n) is 5.25. The predicted octanol–water partition coefficient (Wildman–Crippen LogP) is 0.514. The van der Waals surface area contributed by atoms with Crippen LogP contribution in [0.1, 0.15) is 5.56 Å². The van der Waals surface area contributed by atoms with Crippen molar-refractivity contribution in [1.29, 1.82) is 0 Å². The molecule has 2 atom stereocenters. The number of nitrogens with zero attached hydrogens (tertiary/aromatic N) is 1. The molecule has 0 amide bonds. The van der Waals surface area contributed by atoms with Gasteiger partial charge in [0.15, 0.2) is 0 Å². The van der Waals surface area contributed by atoms with Crippen molar-refractivity contribution >= 4 is 0 Å². The molecule has 0 aliphatic carbocycles. The molecule has 1 aromatic rings. The summed E-state index contributed by atoms with van der Waals surface area (Å²) in [5, 5.41) is 9.97. The van der Waals surface area contributed by atoms with Crippen molar-refractivity contribution in [3.05, 3.63) is 24.2 Å². The Hall–Kier alpha value is -0.840. The van der Waals surface area contributed by atoms with Gasteiger partial charge < -0.3 is 19.2 Å². The van der Waals surface area contributed by atoms with Gasteiger partial charge in [-0.2, -0.15) is 0 Å². The van der Waals surface area contributed by atoms with Crippen LogP contribution in [-0.4, -0.2) is 49.0 Å². The summed E-state index contributed by atoms with van der Waals surface area (Å²) in [4.78, 5) is 2.17. The molecular formula is C11H17NO3. The average molecular weight is 211 g/mol. The van der Waals surface area contributed by atoms with E-state index in [4.69, 9.17) is 9.15 Å². The molecule has 1 aliphatic heterocycles. The average Bonchev–Trinajstić information content (AvgIpc) is 2.70. The van der Waals surface area contributed by atoms with Gasteiger partial charge in [0.25, 0.3) is 0 Å². The van der Waals surface area contributed by atoms with Crippen LogP contribution in [0.4, 0.5) is 0 Å². The zero-order chi connectivity index (χ0) is 10.7. The van der Waals surface area contributed by atoms with Gasteiger partial charge >= 0.3 is 0 Å². The second-order valence-corrected chi connectivity index (χ2v) is 4.07. The summed E-state index contributed by atoms with van der Waals surface area (Å²) in [5.74, 6) is 0. The topological polar surface area (TPSA) is 45.8 Å². The van der Waals surface area contributed by atoms with Crippen molar-refractivity contribution in [1.82, 2.24) is 4.90 Å². The number of hydrogen-bond acceptors (Lipinski definition) is 4. The van der Waals surface area contributed by atoms with Gasteiger partial charge in [-0.05, 0) is 18.7 Å². The third kappa shape index (κ3) is 2.81. The molecule has 1 saturated heterocycles. The highest BCUT2D eigenvalue weighted by Gasteiger charge is 2.25. The van der Waals surface area contributed by atoms with Crippen molar-refractivity contribution in [3.63, 3.8) is 0 Å². The van der Waals surface area contributed by atoms with Crippen molar-refractivity contribution < 1.29 is 14.3 Å². The van der Waals surface area contributed by atoms with Crippen molar-refractivity contribution in [3.8, 4) is 0 Å². The molecule has 4 nitrogen and oxygen atoms in total. The molecule has 2 unspecified atom stereocenters. The van der Waals surface area contributed by atoms with Gasteiger partial charge in [0.1, 0.15) is 0 Å². The molecule has 1 N–H and O–H groups in total.